The van der Waals surface area contributed by atoms with E-state index in [0.29, 0.717) is 0 Å². The zero-order valence-corrected chi connectivity index (χ0v) is 16.8. The third-order valence-corrected chi connectivity index (χ3v) is 5.23. The predicted octanol–water partition coefficient (Wildman–Crippen LogP) is 2.17. The number of nitrogens with one attached hydrogen (secondary N) is 1. The van der Waals surface area contributed by atoms with Gasteiger partial charge in [0.2, 0.25) is 5.91 Å². The molecule has 2 aliphatic rings. The van der Waals surface area contributed by atoms with Crippen molar-refractivity contribution in [2.24, 2.45) is 0 Å². The number of methoxy groups -OCH3 is 1. The fourth-order valence-electron chi connectivity index (χ4n) is 3.54. The van der Waals surface area contributed by atoms with Gasteiger partial charge in [-0.2, -0.15) is 0 Å². The normalized spacial score (nSPS) is 23.0. The number of nitrogens with zero attached hydrogens (tertiary/aromatic N) is 2. The summed E-state index contributed by atoms with van der Waals surface area (Å²) in [6, 6.07) is 6.37. The molecule has 3 rings (SSSR count). The van der Waals surface area contributed by atoms with Gasteiger partial charge < -0.3 is 19.9 Å². The highest BCUT2D eigenvalue weighted by Crippen LogP contribution is 2.24. The second-order valence-electron chi connectivity index (χ2n) is 6.59. The lowest BCUT2D eigenvalue weighted by molar-refractivity contribution is -0.133. The maximum atomic E-state index is 12.6. The molecule has 0 aromatic heterocycles. The molecule has 142 valence electrons. The number of anilines is 1. The van der Waals surface area contributed by atoms with Gasteiger partial charge in [0, 0.05) is 45.5 Å². The molecule has 0 bridgehead atoms. The van der Waals surface area contributed by atoms with Crippen LogP contribution in [0.3, 0.4) is 0 Å². The Bertz CT molecular complexity index is 577. The average Bonchev–Trinajstić information content (AvgIpc) is 3.06. The molecular formula is C18H29Cl2N3O2. The molecule has 0 saturated carbocycles. The van der Waals surface area contributed by atoms with Crippen LogP contribution in [0.15, 0.2) is 18.2 Å². The minimum absolute atomic E-state index is 0. The van der Waals surface area contributed by atoms with Gasteiger partial charge in [0.25, 0.3) is 0 Å². The van der Waals surface area contributed by atoms with Crippen LogP contribution in [0.2, 0.25) is 0 Å². The summed E-state index contributed by atoms with van der Waals surface area (Å²) in [5.74, 6) is 0.227. The second-order valence-corrected chi connectivity index (χ2v) is 6.59. The number of rotatable bonds is 3. The predicted molar refractivity (Wildman–Crippen MR) is 106 cm³/mol. The van der Waals surface area contributed by atoms with Crippen LogP contribution in [-0.4, -0.2) is 62.8 Å². The van der Waals surface area contributed by atoms with Crippen LogP contribution in [0, 0.1) is 13.8 Å². The van der Waals surface area contributed by atoms with Crippen molar-refractivity contribution in [2.75, 3.05) is 44.7 Å². The molecule has 1 aromatic carbocycles. The molecule has 2 saturated heterocycles. The number of hydrogen-bond acceptors (Lipinski definition) is 4. The van der Waals surface area contributed by atoms with E-state index in [1.807, 2.05) is 4.90 Å². The third kappa shape index (κ3) is 4.79. The molecule has 7 heteroatoms. The third-order valence-electron chi connectivity index (χ3n) is 5.23. The van der Waals surface area contributed by atoms with E-state index >= 15 is 0 Å². The van der Waals surface area contributed by atoms with E-state index < -0.39 is 0 Å². The summed E-state index contributed by atoms with van der Waals surface area (Å²) in [5, 5.41) is 3.28. The van der Waals surface area contributed by atoms with Crippen LogP contribution in [-0.2, 0) is 9.53 Å². The van der Waals surface area contributed by atoms with Crippen LogP contribution in [0.25, 0.3) is 0 Å². The molecular weight excluding hydrogens is 361 g/mol. The number of halogens is 2. The summed E-state index contributed by atoms with van der Waals surface area (Å²) in [4.78, 5) is 17.0. The van der Waals surface area contributed by atoms with Crippen molar-refractivity contribution in [2.45, 2.75) is 32.4 Å². The second kappa shape index (κ2) is 9.62. The van der Waals surface area contributed by atoms with E-state index in [2.05, 4.69) is 42.3 Å². The number of amides is 1. The highest BCUT2D eigenvalue weighted by Gasteiger charge is 2.33. The van der Waals surface area contributed by atoms with Crippen LogP contribution in [0.4, 0.5) is 5.69 Å². The van der Waals surface area contributed by atoms with E-state index in [4.69, 9.17) is 4.74 Å². The molecule has 2 heterocycles. The van der Waals surface area contributed by atoms with E-state index in [9.17, 15) is 4.79 Å². The fraction of sp³-hybridized carbons (Fsp3) is 0.611. The number of carbonyl (C=O) groups excluding carboxylic acids is 1. The summed E-state index contributed by atoms with van der Waals surface area (Å²) in [6.45, 7) is 8.48. The Labute approximate surface area is 162 Å². The molecule has 0 unspecified atom stereocenters. The van der Waals surface area contributed by atoms with Gasteiger partial charge in [-0.05, 0) is 37.5 Å². The van der Waals surface area contributed by atoms with Gasteiger partial charge in [-0.25, -0.2) is 0 Å². The summed E-state index contributed by atoms with van der Waals surface area (Å²) < 4.78 is 5.34. The Morgan fingerprint density at radius 3 is 2.44 bits per heavy atom. The monoisotopic (exact) mass is 389 g/mol. The first kappa shape index (κ1) is 22.0. The van der Waals surface area contributed by atoms with Crippen molar-refractivity contribution in [3.8, 4) is 0 Å². The van der Waals surface area contributed by atoms with Gasteiger partial charge in [0.1, 0.15) is 0 Å². The lowest BCUT2D eigenvalue weighted by atomic mass is 10.1. The molecule has 2 fully saturated rings. The number of benzene rings is 1. The van der Waals surface area contributed by atoms with E-state index in [-0.39, 0.29) is 42.9 Å². The standard InChI is InChI=1S/C18H27N3O2.2ClH/c1-13-5-4-6-17(14(13)2)20-7-9-21(10-8-20)18(22)16-11-15(23-3)12-19-16;;/h4-6,15-16,19H,7-12H2,1-3H3;2*1H/t15-,16-;;/m0../s1. The zero-order chi connectivity index (χ0) is 16.4. The molecule has 2 atom stereocenters. The summed E-state index contributed by atoms with van der Waals surface area (Å²) in [7, 11) is 1.71. The number of hydrogen-bond donors (Lipinski definition) is 1. The topological polar surface area (TPSA) is 44.8 Å². The number of ether oxygens (including phenoxy) is 1. The fourth-order valence-corrected chi connectivity index (χ4v) is 3.54. The van der Waals surface area contributed by atoms with Gasteiger partial charge in [0.15, 0.2) is 0 Å². The Kier molecular flexibility index (Phi) is 8.48. The van der Waals surface area contributed by atoms with Crippen LogP contribution >= 0.6 is 24.8 Å². The van der Waals surface area contributed by atoms with Gasteiger partial charge in [-0.1, -0.05) is 12.1 Å². The summed E-state index contributed by atoms with van der Waals surface area (Å²) >= 11 is 0. The van der Waals surface area contributed by atoms with Crippen LogP contribution in [0.5, 0.6) is 0 Å². The Balaban J connectivity index is 0.00000156. The Morgan fingerprint density at radius 1 is 1.16 bits per heavy atom. The Morgan fingerprint density at radius 2 is 1.84 bits per heavy atom. The molecule has 0 radical (unpaired) electrons. The van der Waals surface area contributed by atoms with Crippen LogP contribution < -0.4 is 10.2 Å². The minimum Gasteiger partial charge on any atom is -0.380 e. The highest BCUT2D eigenvalue weighted by molar-refractivity contribution is 5.85. The van der Waals surface area contributed by atoms with Gasteiger partial charge in [-0.15, -0.1) is 24.8 Å². The van der Waals surface area contributed by atoms with Crippen LogP contribution in [0.1, 0.15) is 17.5 Å². The quantitative estimate of drug-likeness (QED) is 0.860. The molecule has 1 N–H and O–H groups in total. The smallest absolute Gasteiger partial charge is 0.239 e. The molecule has 5 nitrogen and oxygen atoms in total. The van der Waals surface area contributed by atoms with Crippen molar-refractivity contribution in [3.05, 3.63) is 29.3 Å². The van der Waals surface area contributed by atoms with Crippen molar-refractivity contribution in [3.63, 3.8) is 0 Å². The van der Waals surface area contributed by atoms with E-state index in [1.165, 1.54) is 16.8 Å². The first-order valence-electron chi connectivity index (χ1n) is 8.46. The van der Waals surface area contributed by atoms with Crippen molar-refractivity contribution >= 4 is 36.4 Å². The minimum atomic E-state index is -0.0767. The summed E-state index contributed by atoms with van der Waals surface area (Å²) in [5.41, 5.74) is 3.96. The molecule has 1 amide bonds. The first-order chi connectivity index (χ1) is 11.1. The molecule has 25 heavy (non-hydrogen) atoms. The van der Waals surface area contributed by atoms with E-state index in [0.717, 1.165) is 39.1 Å². The lowest BCUT2D eigenvalue weighted by Crippen LogP contribution is -2.53. The largest absolute Gasteiger partial charge is 0.380 e. The zero-order valence-electron chi connectivity index (χ0n) is 15.2. The van der Waals surface area contributed by atoms with Gasteiger partial charge in [-0.3, -0.25) is 4.79 Å². The molecule has 0 aliphatic carbocycles. The van der Waals surface area contributed by atoms with Gasteiger partial charge >= 0.3 is 0 Å². The van der Waals surface area contributed by atoms with Gasteiger partial charge in [0.05, 0.1) is 12.1 Å². The Hall–Kier alpha value is -1.01. The maximum Gasteiger partial charge on any atom is 0.239 e. The first-order valence-corrected chi connectivity index (χ1v) is 8.46. The molecule has 2 aliphatic heterocycles. The average molecular weight is 390 g/mol. The number of carbonyl (C=O) groups is 1. The molecule has 1 aromatic rings. The van der Waals surface area contributed by atoms with E-state index in [1.54, 1.807) is 7.11 Å². The number of aryl methyl sites for hydroxylation is 1. The highest BCUT2D eigenvalue weighted by atomic mass is 35.5. The van der Waals surface area contributed by atoms with Crippen molar-refractivity contribution in [1.29, 1.82) is 0 Å². The van der Waals surface area contributed by atoms with Crippen molar-refractivity contribution in [1.82, 2.24) is 10.2 Å². The maximum absolute atomic E-state index is 12.6. The number of piperazine rings is 1. The molecule has 0 spiro atoms. The lowest BCUT2D eigenvalue weighted by Gasteiger charge is -2.38. The SMILES string of the molecule is CO[C@@H]1CN[C@H](C(=O)N2CCN(c3cccc(C)c3C)CC2)C1.Cl.Cl. The summed E-state index contributed by atoms with van der Waals surface area (Å²) in [6.07, 6.45) is 0.951. The van der Waals surface area contributed by atoms with Crippen molar-refractivity contribution < 1.29 is 9.53 Å².